The summed E-state index contributed by atoms with van der Waals surface area (Å²) < 4.78 is 18.8. The first-order chi connectivity index (χ1) is 11.0. The standard InChI is InChI=1S/C17H18Cl2FNO2/c1-11(22)8-21-9-13-6-14(18)3-5-17(13)23-10-12-2-4-15(20)7-16(12)19/h2-7,11,21-22H,8-10H2,1H3/t11-/m1/s1. The molecule has 0 aliphatic carbocycles. The van der Waals surface area contributed by atoms with Crippen LogP contribution in [0.3, 0.4) is 0 Å². The molecule has 0 bridgehead atoms. The number of aliphatic hydroxyl groups is 1. The maximum absolute atomic E-state index is 13.1. The lowest BCUT2D eigenvalue weighted by Gasteiger charge is -2.14. The Morgan fingerprint density at radius 1 is 1.17 bits per heavy atom. The molecular weight excluding hydrogens is 340 g/mol. The Labute approximate surface area is 145 Å². The molecule has 2 N–H and O–H groups in total. The van der Waals surface area contributed by atoms with Crippen molar-refractivity contribution < 1.29 is 14.2 Å². The third-order valence-corrected chi connectivity index (χ3v) is 3.76. The lowest BCUT2D eigenvalue weighted by Crippen LogP contribution is -2.24. The van der Waals surface area contributed by atoms with Crippen LogP contribution in [0.2, 0.25) is 10.0 Å². The van der Waals surface area contributed by atoms with E-state index in [0.717, 1.165) is 5.56 Å². The van der Waals surface area contributed by atoms with E-state index in [9.17, 15) is 9.50 Å². The number of rotatable bonds is 7. The summed E-state index contributed by atoms with van der Waals surface area (Å²) in [7, 11) is 0. The smallest absolute Gasteiger partial charge is 0.124 e. The molecule has 0 saturated heterocycles. The molecule has 0 fully saturated rings. The van der Waals surface area contributed by atoms with Gasteiger partial charge in [0.2, 0.25) is 0 Å². The van der Waals surface area contributed by atoms with Crippen LogP contribution in [0, 0.1) is 5.82 Å². The van der Waals surface area contributed by atoms with E-state index < -0.39 is 6.10 Å². The molecule has 124 valence electrons. The highest BCUT2D eigenvalue weighted by Gasteiger charge is 2.08. The van der Waals surface area contributed by atoms with Crippen LogP contribution in [0.5, 0.6) is 5.75 Å². The number of hydrogen-bond acceptors (Lipinski definition) is 3. The fourth-order valence-corrected chi connectivity index (χ4v) is 2.45. The van der Waals surface area contributed by atoms with Crippen LogP contribution >= 0.6 is 23.2 Å². The van der Waals surface area contributed by atoms with Crippen LogP contribution in [0.15, 0.2) is 36.4 Å². The van der Waals surface area contributed by atoms with Gasteiger partial charge in [0, 0.05) is 29.2 Å². The number of ether oxygens (including phenoxy) is 1. The van der Waals surface area contributed by atoms with E-state index in [2.05, 4.69) is 5.32 Å². The molecule has 0 radical (unpaired) electrons. The van der Waals surface area contributed by atoms with E-state index in [1.165, 1.54) is 12.1 Å². The average molecular weight is 358 g/mol. The van der Waals surface area contributed by atoms with E-state index >= 15 is 0 Å². The van der Waals surface area contributed by atoms with Gasteiger partial charge in [-0.3, -0.25) is 0 Å². The molecule has 2 aromatic carbocycles. The molecule has 0 aliphatic rings. The molecule has 1 atom stereocenters. The van der Waals surface area contributed by atoms with Crippen molar-refractivity contribution in [2.75, 3.05) is 6.54 Å². The highest BCUT2D eigenvalue weighted by Crippen LogP contribution is 2.25. The van der Waals surface area contributed by atoms with E-state index in [1.807, 2.05) is 0 Å². The first-order valence-corrected chi connectivity index (χ1v) is 7.95. The minimum absolute atomic E-state index is 0.226. The summed E-state index contributed by atoms with van der Waals surface area (Å²) in [6.07, 6.45) is -0.434. The Balaban J connectivity index is 2.06. The minimum atomic E-state index is -0.434. The van der Waals surface area contributed by atoms with Crippen LogP contribution < -0.4 is 10.1 Å². The Kier molecular flexibility index (Phi) is 6.66. The van der Waals surface area contributed by atoms with Gasteiger partial charge >= 0.3 is 0 Å². The molecule has 2 aromatic rings. The molecule has 0 saturated carbocycles. The number of hydrogen-bond donors (Lipinski definition) is 2. The van der Waals surface area contributed by atoms with Crippen molar-refractivity contribution in [2.24, 2.45) is 0 Å². The molecule has 0 spiro atoms. The van der Waals surface area contributed by atoms with Gasteiger partial charge < -0.3 is 15.2 Å². The zero-order valence-corrected chi connectivity index (χ0v) is 14.2. The third kappa shape index (κ3) is 5.66. The van der Waals surface area contributed by atoms with Gasteiger partial charge in [-0.25, -0.2) is 4.39 Å². The lowest BCUT2D eigenvalue weighted by atomic mass is 10.2. The molecule has 0 heterocycles. The maximum Gasteiger partial charge on any atom is 0.124 e. The minimum Gasteiger partial charge on any atom is -0.489 e. The Morgan fingerprint density at radius 3 is 2.65 bits per heavy atom. The summed E-state index contributed by atoms with van der Waals surface area (Å²) in [5.41, 5.74) is 1.57. The van der Waals surface area contributed by atoms with E-state index in [-0.39, 0.29) is 12.4 Å². The SMILES string of the molecule is C[C@@H](O)CNCc1cc(Cl)ccc1OCc1ccc(F)cc1Cl. The van der Waals surface area contributed by atoms with E-state index in [4.69, 9.17) is 27.9 Å². The predicted molar refractivity (Wildman–Crippen MR) is 90.6 cm³/mol. The average Bonchev–Trinajstić information content (AvgIpc) is 2.47. The normalized spacial score (nSPS) is 12.2. The topological polar surface area (TPSA) is 41.5 Å². The Bertz CT molecular complexity index is 665. The summed E-state index contributed by atoms with van der Waals surface area (Å²) in [6.45, 7) is 2.91. The van der Waals surface area contributed by atoms with Crippen molar-refractivity contribution in [3.8, 4) is 5.75 Å². The van der Waals surface area contributed by atoms with Gasteiger partial charge in [0.05, 0.1) is 11.1 Å². The molecule has 23 heavy (non-hydrogen) atoms. The maximum atomic E-state index is 13.1. The highest BCUT2D eigenvalue weighted by atomic mass is 35.5. The predicted octanol–water partition coefficient (Wildman–Crippen LogP) is 4.18. The molecule has 0 amide bonds. The summed E-state index contributed by atoms with van der Waals surface area (Å²) >= 11 is 12.0. The van der Waals surface area contributed by atoms with Crippen molar-refractivity contribution in [1.29, 1.82) is 0 Å². The summed E-state index contributed by atoms with van der Waals surface area (Å²) in [5, 5.41) is 13.3. The van der Waals surface area contributed by atoms with Crippen LogP contribution in [0.1, 0.15) is 18.1 Å². The fourth-order valence-electron chi connectivity index (χ4n) is 2.04. The first kappa shape index (κ1) is 18.0. The van der Waals surface area contributed by atoms with Crippen molar-refractivity contribution in [2.45, 2.75) is 26.2 Å². The van der Waals surface area contributed by atoms with Gasteiger partial charge in [0.15, 0.2) is 0 Å². The zero-order valence-electron chi connectivity index (χ0n) is 12.7. The van der Waals surface area contributed by atoms with Crippen LogP contribution in [0.25, 0.3) is 0 Å². The molecule has 0 unspecified atom stereocenters. The van der Waals surface area contributed by atoms with E-state index in [1.54, 1.807) is 31.2 Å². The van der Waals surface area contributed by atoms with Crippen molar-refractivity contribution >= 4 is 23.2 Å². The molecular formula is C17H18Cl2FNO2. The highest BCUT2D eigenvalue weighted by molar-refractivity contribution is 6.31. The van der Waals surface area contributed by atoms with Gasteiger partial charge in [0.1, 0.15) is 18.2 Å². The third-order valence-electron chi connectivity index (χ3n) is 3.18. The van der Waals surface area contributed by atoms with Crippen LogP contribution in [0.4, 0.5) is 4.39 Å². The van der Waals surface area contributed by atoms with Crippen molar-refractivity contribution in [3.05, 3.63) is 63.4 Å². The van der Waals surface area contributed by atoms with Gasteiger partial charge in [-0.15, -0.1) is 0 Å². The second-order valence-corrected chi connectivity index (χ2v) is 6.10. The largest absolute Gasteiger partial charge is 0.489 e. The van der Waals surface area contributed by atoms with Gasteiger partial charge in [-0.05, 0) is 37.3 Å². The summed E-state index contributed by atoms with van der Waals surface area (Å²) in [4.78, 5) is 0. The summed E-state index contributed by atoms with van der Waals surface area (Å²) in [6, 6.07) is 9.52. The molecule has 3 nitrogen and oxygen atoms in total. The molecule has 0 aliphatic heterocycles. The quantitative estimate of drug-likeness (QED) is 0.780. The Morgan fingerprint density at radius 2 is 1.96 bits per heavy atom. The van der Waals surface area contributed by atoms with E-state index in [0.29, 0.717) is 34.4 Å². The van der Waals surface area contributed by atoms with Crippen LogP contribution in [-0.4, -0.2) is 17.8 Å². The molecule has 0 aromatic heterocycles. The van der Waals surface area contributed by atoms with Gasteiger partial charge in [0.25, 0.3) is 0 Å². The second-order valence-electron chi connectivity index (χ2n) is 5.26. The second kappa shape index (κ2) is 8.50. The fraction of sp³-hybridized carbons (Fsp3) is 0.294. The van der Waals surface area contributed by atoms with Crippen LogP contribution in [-0.2, 0) is 13.2 Å². The number of aliphatic hydroxyl groups excluding tert-OH is 1. The number of benzene rings is 2. The van der Waals surface area contributed by atoms with Gasteiger partial charge in [-0.1, -0.05) is 29.3 Å². The molecule has 2 rings (SSSR count). The number of nitrogens with one attached hydrogen (secondary N) is 1. The zero-order chi connectivity index (χ0) is 16.8. The monoisotopic (exact) mass is 357 g/mol. The van der Waals surface area contributed by atoms with Crippen molar-refractivity contribution in [3.63, 3.8) is 0 Å². The first-order valence-electron chi connectivity index (χ1n) is 7.19. The molecule has 6 heteroatoms. The Hall–Kier alpha value is -1.33. The van der Waals surface area contributed by atoms with Gasteiger partial charge in [-0.2, -0.15) is 0 Å². The number of halogens is 3. The van der Waals surface area contributed by atoms with Crippen molar-refractivity contribution in [1.82, 2.24) is 5.32 Å². The lowest BCUT2D eigenvalue weighted by molar-refractivity contribution is 0.190. The summed E-state index contributed by atoms with van der Waals surface area (Å²) in [5.74, 6) is 0.279.